The molecule has 3 aromatic rings. The summed E-state index contributed by atoms with van der Waals surface area (Å²) < 4.78 is 0. The van der Waals surface area contributed by atoms with E-state index < -0.39 is 0 Å². The molecular formula is C17H20N4S. The predicted octanol–water partition coefficient (Wildman–Crippen LogP) is 3.28. The number of thiophene rings is 1. The van der Waals surface area contributed by atoms with Gasteiger partial charge in [-0.05, 0) is 37.5 Å². The molecule has 0 unspecified atom stereocenters. The number of anilines is 1. The largest absolute Gasteiger partial charge is 0.368 e. The van der Waals surface area contributed by atoms with Crippen LogP contribution in [0.2, 0.25) is 0 Å². The van der Waals surface area contributed by atoms with Crippen LogP contribution in [0.25, 0.3) is 10.2 Å². The highest BCUT2D eigenvalue weighted by molar-refractivity contribution is 7.16. The summed E-state index contributed by atoms with van der Waals surface area (Å²) in [5.74, 6) is 0.922. The molecule has 22 heavy (non-hydrogen) atoms. The maximum Gasteiger partial charge on any atom is 0.138 e. The molecule has 2 heterocycles. The Labute approximate surface area is 134 Å². The van der Waals surface area contributed by atoms with E-state index in [2.05, 4.69) is 76.1 Å². The summed E-state index contributed by atoms with van der Waals surface area (Å²) in [6.07, 6.45) is 2.64. The van der Waals surface area contributed by atoms with E-state index in [0.717, 1.165) is 29.0 Å². The van der Waals surface area contributed by atoms with Crippen LogP contribution in [0, 0.1) is 0 Å². The van der Waals surface area contributed by atoms with Crippen molar-refractivity contribution in [2.24, 2.45) is 0 Å². The summed E-state index contributed by atoms with van der Waals surface area (Å²) in [6.45, 7) is 0.851. The fourth-order valence-electron chi connectivity index (χ4n) is 2.47. The first-order chi connectivity index (χ1) is 10.7. The van der Waals surface area contributed by atoms with E-state index in [-0.39, 0.29) is 0 Å². The fourth-order valence-corrected chi connectivity index (χ4v) is 3.20. The normalized spacial score (nSPS) is 12.7. The van der Waals surface area contributed by atoms with Gasteiger partial charge in [-0.25, -0.2) is 9.97 Å². The highest BCUT2D eigenvalue weighted by atomic mass is 32.1. The standard InChI is InChI=1S/C17H20N4S/c1-21(2)14(10-13-6-4-3-5-7-13)11-18-16-15-8-9-22-17(15)20-12-19-16/h3-9,12,14H,10-11H2,1-2H3,(H,18,19,20)/t14-/m0/s1. The summed E-state index contributed by atoms with van der Waals surface area (Å²) in [4.78, 5) is 12.0. The van der Waals surface area contributed by atoms with Crippen molar-refractivity contribution < 1.29 is 0 Å². The van der Waals surface area contributed by atoms with Crippen molar-refractivity contribution in [1.29, 1.82) is 0 Å². The van der Waals surface area contributed by atoms with Crippen molar-refractivity contribution in [3.63, 3.8) is 0 Å². The van der Waals surface area contributed by atoms with Crippen molar-refractivity contribution in [3.05, 3.63) is 53.7 Å². The third-order valence-corrected chi connectivity index (χ3v) is 4.63. The molecule has 1 N–H and O–H groups in total. The van der Waals surface area contributed by atoms with Crippen LogP contribution >= 0.6 is 11.3 Å². The van der Waals surface area contributed by atoms with Gasteiger partial charge in [-0.15, -0.1) is 11.3 Å². The lowest BCUT2D eigenvalue weighted by molar-refractivity contribution is 0.303. The number of hydrogen-bond acceptors (Lipinski definition) is 5. The Hall–Kier alpha value is -1.98. The lowest BCUT2D eigenvalue weighted by Crippen LogP contribution is -2.36. The summed E-state index contributed by atoms with van der Waals surface area (Å²) in [5.41, 5.74) is 1.35. The van der Waals surface area contributed by atoms with Crippen LogP contribution in [0.15, 0.2) is 48.1 Å². The molecule has 0 fully saturated rings. The molecule has 0 spiro atoms. The van der Waals surface area contributed by atoms with Gasteiger partial charge in [-0.3, -0.25) is 0 Å². The number of hydrogen-bond donors (Lipinski definition) is 1. The molecule has 1 atom stereocenters. The van der Waals surface area contributed by atoms with E-state index in [0.29, 0.717) is 6.04 Å². The molecule has 5 heteroatoms. The Morgan fingerprint density at radius 3 is 2.73 bits per heavy atom. The lowest BCUT2D eigenvalue weighted by atomic mass is 10.1. The summed E-state index contributed by atoms with van der Waals surface area (Å²) in [5, 5.41) is 6.64. The van der Waals surface area contributed by atoms with Crippen LogP contribution < -0.4 is 5.32 Å². The van der Waals surface area contributed by atoms with E-state index in [4.69, 9.17) is 0 Å². The van der Waals surface area contributed by atoms with Crippen molar-refractivity contribution >= 4 is 27.4 Å². The quantitative estimate of drug-likeness (QED) is 0.758. The molecule has 0 amide bonds. The second kappa shape index (κ2) is 6.85. The average molecular weight is 312 g/mol. The molecule has 4 nitrogen and oxygen atoms in total. The highest BCUT2D eigenvalue weighted by Gasteiger charge is 2.13. The number of nitrogens with zero attached hydrogens (tertiary/aromatic N) is 3. The second-order valence-corrected chi connectivity index (χ2v) is 6.44. The molecule has 0 saturated carbocycles. The van der Waals surface area contributed by atoms with E-state index in [9.17, 15) is 0 Å². The molecule has 0 radical (unpaired) electrons. The Balaban J connectivity index is 1.70. The third kappa shape index (κ3) is 3.43. The topological polar surface area (TPSA) is 41.0 Å². The van der Waals surface area contributed by atoms with Crippen LogP contribution in [0.3, 0.4) is 0 Å². The van der Waals surface area contributed by atoms with Gasteiger partial charge in [0.1, 0.15) is 17.0 Å². The first kappa shape index (κ1) is 14.9. The van der Waals surface area contributed by atoms with Crippen LogP contribution in [-0.4, -0.2) is 41.5 Å². The van der Waals surface area contributed by atoms with Crippen LogP contribution in [-0.2, 0) is 6.42 Å². The maximum atomic E-state index is 4.38. The number of aromatic nitrogens is 2. The summed E-state index contributed by atoms with van der Waals surface area (Å²) in [7, 11) is 4.24. The van der Waals surface area contributed by atoms with E-state index in [1.807, 2.05) is 0 Å². The fraction of sp³-hybridized carbons (Fsp3) is 0.294. The number of nitrogens with one attached hydrogen (secondary N) is 1. The number of likely N-dealkylation sites (N-methyl/N-ethyl adjacent to an activating group) is 1. The Morgan fingerprint density at radius 1 is 1.14 bits per heavy atom. The van der Waals surface area contributed by atoms with Gasteiger partial charge in [0.15, 0.2) is 0 Å². The molecule has 2 aromatic heterocycles. The van der Waals surface area contributed by atoms with Crippen molar-refractivity contribution in [2.45, 2.75) is 12.5 Å². The molecule has 3 rings (SSSR count). The summed E-state index contributed by atoms with van der Waals surface area (Å²) >= 11 is 1.64. The predicted molar refractivity (Wildman–Crippen MR) is 93.5 cm³/mol. The molecule has 114 valence electrons. The highest BCUT2D eigenvalue weighted by Crippen LogP contribution is 2.23. The Kier molecular flexibility index (Phi) is 4.65. The molecule has 0 aliphatic heterocycles. The maximum absolute atomic E-state index is 4.38. The molecule has 0 aliphatic carbocycles. The van der Waals surface area contributed by atoms with Crippen molar-refractivity contribution in [2.75, 3.05) is 26.0 Å². The van der Waals surface area contributed by atoms with Crippen molar-refractivity contribution in [3.8, 4) is 0 Å². The van der Waals surface area contributed by atoms with E-state index in [1.54, 1.807) is 17.7 Å². The lowest BCUT2D eigenvalue weighted by Gasteiger charge is -2.25. The zero-order valence-electron chi connectivity index (χ0n) is 12.9. The zero-order chi connectivity index (χ0) is 15.4. The Bertz CT molecular complexity index is 724. The van der Waals surface area contributed by atoms with Gasteiger partial charge >= 0.3 is 0 Å². The number of fused-ring (bicyclic) bond motifs is 1. The second-order valence-electron chi connectivity index (χ2n) is 5.55. The first-order valence-corrected chi connectivity index (χ1v) is 8.24. The Morgan fingerprint density at radius 2 is 1.95 bits per heavy atom. The SMILES string of the molecule is CN(C)[C@H](CNc1ncnc2sccc12)Cc1ccccc1. The smallest absolute Gasteiger partial charge is 0.138 e. The molecule has 0 saturated heterocycles. The zero-order valence-corrected chi connectivity index (χ0v) is 13.7. The first-order valence-electron chi connectivity index (χ1n) is 7.36. The van der Waals surface area contributed by atoms with Gasteiger partial charge in [0, 0.05) is 12.6 Å². The summed E-state index contributed by atoms with van der Waals surface area (Å²) in [6, 6.07) is 13.1. The van der Waals surface area contributed by atoms with Gasteiger partial charge < -0.3 is 10.2 Å². The van der Waals surface area contributed by atoms with Gasteiger partial charge in [0.25, 0.3) is 0 Å². The van der Waals surface area contributed by atoms with E-state index >= 15 is 0 Å². The minimum Gasteiger partial charge on any atom is -0.368 e. The molecular weight excluding hydrogens is 292 g/mol. The van der Waals surface area contributed by atoms with Crippen LogP contribution in [0.4, 0.5) is 5.82 Å². The third-order valence-electron chi connectivity index (χ3n) is 3.81. The number of rotatable bonds is 6. The molecule has 0 aliphatic rings. The van der Waals surface area contributed by atoms with Gasteiger partial charge in [0.2, 0.25) is 0 Å². The van der Waals surface area contributed by atoms with Gasteiger partial charge in [-0.1, -0.05) is 30.3 Å². The van der Waals surface area contributed by atoms with Gasteiger partial charge in [-0.2, -0.15) is 0 Å². The monoisotopic (exact) mass is 312 g/mol. The van der Waals surface area contributed by atoms with Crippen LogP contribution in [0.5, 0.6) is 0 Å². The van der Waals surface area contributed by atoms with Crippen molar-refractivity contribution in [1.82, 2.24) is 14.9 Å². The molecule has 1 aromatic carbocycles. The minimum absolute atomic E-state index is 0.408. The molecule has 0 bridgehead atoms. The van der Waals surface area contributed by atoms with E-state index in [1.165, 1.54) is 5.56 Å². The average Bonchev–Trinajstić information content (AvgIpc) is 3.01. The van der Waals surface area contributed by atoms with Gasteiger partial charge in [0.05, 0.1) is 5.39 Å². The van der Waals surface area contributed by atoms with Crippen LogP contribution in [0.1, 0.15) is 5.56 Å². The minimum atomic E-state index is 0.408. The number of benzene rings is 1.